The molecular weight excluding hydrogens is 270 g/mol. The Hall–Kier alpha value is -2.35. The molecule has 2 heterocycles. The summed E-state index contributed by atoms with van der Waals surface area (Å²) < 4.78 is 5.36. The van der Waals surface area contributed by atoms with Gasteiger partial charge >= 0.3 is 0 Å². The molecule has 0 fully saturated rings. The molecule has 0 bridgehead atoms. The van der Waals surface area contributed by atoms with Crippen LogP contribution < -0.4 is 21.5 Å². The Kier molecular flexibility index (Phi) is 4.94. The summed E-state index contributed by atoms with van der Waals surface area (Å²) in [5.74, 6) is 7.58. The van der Waals surface area contributed by atoms with E-state index in [1.54, 1.807) is 6.26 Å². The topological polar surface area (TPSA) is 105 Å². The van der Waals surface area contributed by atoms with E-state index in [-0.39, 0.29) is 6.04 Å². The summed E-state index contributed by atoms with van der Waals surface area (Å²) in [5, 5.41) is 3.18. The zero-order valence-electron chi connectivity index (χ0n) is 12.5. The van der Waals surface area contributed by atoms with Gasteiger partial charge < -0.3 is 14.6 Å². The summed E-state index contributed by atoms with van der Waals surface area (Å²) in [7, 11) is 0. The van der Waals surface area contributed by atoms with Gasteiger partial charge in [-0.25, -0.2) is 5.84 Å². The minimum atomic E-state index is -0.0578. The molecule has 114 valence electrons. The first-order valence-corrected chi connectivity index (χ1v) is 6.95. The maximum Gasteiger partial charge on any atom is 0.243 e. The third-order valence-electron chi connectivity index (χ3n) is 3.11. The molecule has 0 aliphatic heterocycles. The van der Waals surface area contributed by atoms with Crippen molar-refractivity contribution < 1.29 is 4.42 Å². The highest BCUT2D eigenvalue weighted by molar-refractivity contribution is 5.43. The third kappa shape index (κ3) is 3.60. The maximum absolute atomic E-state index is 5.43. The van der Waals surface area contributed by atoms with Gasteiger partial charge in [-0.05, 0) is 32.9 Å². The van der Waals surface area contributed by atoms with E-state index in [1.165, 1.54) is 0 Å². The summed E-state index contributed by atoms with van der Waals surface area (Å²) >= 11 is 0. The van der Waals surface area contributed by atoms with Crippen molar-refractivity contribution >= 4 is 17.8 Å². The molecule has 4 N–H and O–H groups in total. The van der Waals surface area contributed by atoms with E-state index in [2.05, 4.69) is 25.7 Å². The highest BCUT2D eigenvalue weighted by atomic mass is 16.3. The molecule has 0 saturated heterocycles. The molecule has 0 spiro atoms. The van der Waals surface area contributed by atoms with Crippen LogP contribution in [-0.2, 0) is 0 Å². The zero-order valence-corrected chi connectivity index (χ0v) is 12.5. The lowest BCUT2D eigenvalue weighted by Gasteiger charge is -2.20. The monoisotopic (exact) mass is 291 g/mol. The quantitative estimate of drug-likeness (QED) is 0.523. The van der Waals surface area contributed by atoms with E-state index in [1.807, 2.05) is 37.8 Å². The van der Waals surface area contributed by atoms with Crippen molar-refractivity contribution in [2.75, 3.05) is 28.7 Å². The number of hydrogen-bond donors (Lipinski definition) is 3. The number of hydrazine groups is 1. The normalized spacial score (nSPS) is 12.0. The summed E-state index contributed by atoms with van der Waals surface area (Å²) in [4.78, 5) is 14.9. The Morgan fingerprint density at radius 2 is 1.95 bits per heavy atom. The molecule has 1 atom stereocenters. The van der Waals surface area contributed by atoms with Crippen LogP contribution in [0.25, 0.3) is 0 Å². The number of hydrogen-bond acceptors (Lipinski definition) is 8. The lowest BCUT2D eigenvalue weighted by atomic mass is 10.2. The number of furan rings is 1. The van der Waals surface area contributed by atoms with Crippen LogP contribution in [0.3, 0.4) is 0 Å². The van der Waals surface area contributed by atoms with Gasteiger partial charge in [0.1, 0.15) is 5.76 Å². The molecule has 0 saturated carbocycles. The van der Waals surface area contributed by atoms with Crippen molar-refractivity contribution in [2.45, 2.75) is 26.8 Å². The van der Waals surface area contributed by atoms with Crippen molar-refractivity contribution in [3.63, 3.8) is 0 Å². The smallest absolute Gasteiger partial charge is 0.243 e. The first-order chi connectivity index (χ1) is 10.2. The predicted octanol–water partition coefficient (Wildman–Crippen LogP) is 1.77. The Bertz CT molecular complexity index is 554. The van der Waals surface area contributed by atoms with Crippen molar-refractivity contribution in [1.29, 1.82) is 0 Å². The molecule has 8 heteroatoms. The number of aromatic nitrogens is 3. The van der Waals surface area contributed by atoms with Gasteiger partial charge in [0.05, 0.1) is 12.3 Å². The molecule has 0 aromatic carbocycles. The molecule has 0 aliphatic carbocycles. The van der Waals surface area contributed by atoms with Crippen LogP contribution in [0.4, 0.5) is 17.8 Å². The fraction of sp³-hybridized carbons (Fsp3) is 0.462. The van der Waals surface area contributed by atoms with E-state index in [0.717, 1.165) is 18.8 Å². The molecule has 21 heavy (non-hydrogen) atoms. The van der Waals surface area contributed by atoms with E-state index < -0.39 is 0 Å². The van der Waals surface area contributed by atoms with Gasteiger partial charge in [-0.2, -0.15) is 15.0 Å². The number of rotatable bonds is 7. The second-order valence-electron chi connectivity index (χ2n) is 4.48. The van der Waals surface area contributed by atoms with Crippen LogP contribution in [-0.4, -0.2) is 28.0 Å². The SMILES string of the molecule is CCN(CC)c1nc(NN)nc(NC(C)c2ccco2)n1. The van der Waals surface area contributed by atoms with Gasteiger partial charge in [0.2, 0.25) is 17.8 Å². The second-order valence-corrected chi connectivity index (χ2v) is 4.48. The van der Waals surface area contributed by atoms with Gasteiger partial charge in [0, 0.05) is 13.1 Å². The molecule has 0 radical (unpaired) electrons. The molecule has 2 rings (SSSR count). The molecule has 0 aliphatic rings. The Labute approximate surface area is 123 Å². The van der Waals surface area contributed by atoms with Crippen LogP contribution in [0.5, 0.6) is 0 Å². The van der Waals surface area contributed by atoms with Crippen LogP contribution in [0.1, 0.15) is 32.6 Å². The number of nitrogen functional groups attached to an aromatic ring is 1. The van der Waals surface area contributed by atoms with E-state index in [9.17, 15) is 0 Å². The average molecular weight is 291 g/mol. The molecule has 8 nitrogen and oxygen atoms in total. The summed E-state index contributed by atoms with van der Waals surface area (Å²) in [6.45, 7) is 7.66. The lowest BCUT2D eigenvalue weighted by Crippen LogP contribution is -2.26. The van der Waals surface area contributed by atoms with Crippen LogP contribution in [0.15, 0.2) is 22.8 Å². The summed E-state index contributed by atoms with van der Waals surface area (Å²) in [5.41, 5.74) is 2.47. The van der Waals surface area contributed by atoms with Crippen molar-refractivity contribution in [3.8, 4) is 0 Å². The molecular formula is C13H21N7O. The van der Waals surface area contributed by atoms with Crippen LogP contribution in [0.2, 0.25) is 0 Å². The fourth-order valence-electron chi connectivity index (χ4n) is 1.94. The molecule has 2 aromatic rings. The van der Waals surface area contributed by atoms with Gasteiger partial charge in [-0.1, -0.05) is 0 Å². The Morgan fingerprint density at radius 3 is 2.52 bits per heavy atom. The average Bonchev–Trinajstić information content (AvgIpc) is 3.02. The fourth-order valence-corrected chi connectivity index (χ4v) is 1.94. The third-order valence-corrected chi connectivity index (χ3v) is 3.11. The molecule has 2 aromatic heterocycles. The Balaban J connectivity index is 2.24. The van der Waals surface area contributed by atoms with Gasteiger partial charge in [-0.3, -0.25) is 5.43 Å². The largest absolute Gasteiger partial charge is 0.467 e. The van der Waals surface area contributed by atoms with Crippen molar-refractivity contribution in [3.05, 3.63) is 24.2 Å². The van der Waals surface area contributed by atoms with E-state index in [0.29, 0.717) is 17.8 Å². The second kappa shape index (κ2) is 6.89. The van der Waals surface area contributed by atoms with E-state index in [4.69, 9.17) is 10.3 Å². The van der Waals surface area contributed by atoms with Crippen molar-refractivity contribution in [2.24, 2.45) is 5.84 Å². The number of nitrogens with zero attached hydrogens (tertiary/aromatic N) is 4. The highest BCUT2D eigenvalue weighted by Crippen LogP contribution is 2.19. The first-order valence-electron chi connectivity index (χ1n) is 6.95. The number of nitrogens with one attached hydrogen (secondary N) is 2. The Morgan fingerprint density at radius 1 is 1.24 bits per heavy atom. The van der Waals surface area contributed by atoms with E-state index >= 15 is 0 Å². The van der Waals surface area contributed by atoms with Gasteiger partial charge in [0.15, 0.2) is 0 Å². The minimum absolute atomic E-state index is 0.0578. The summed E-state index contributed by atoms with van der Waals surface area (Å²) in [6.07, 6.45) is 1.63. The van der Waals surface area contributed by atoms with Crippen LogP contribution in [0, 0.1) is 0 Å². The minimum Gasteiger partial charge on any atom is -0.467 e. The predicted molar refractivity (Wildman–Crippen MR) is 81.9 cm³/mol. The highest BCUT2D eigenvalue weighted by Gasteiger charge is 2.14. The van der Waals surface area contributed by atoms with Gasteiger partial charge in [-0.15, -0.1) is 0 Å². The maximum atomic E-state index is 5.43. The van der Waals surface area contributed by atoms with Crippen LogP contribution >= 0.6 is 0 Å². The lowest BCUT2D eigenvalue weighted by molar-refractivity contribution is 0.489. The molecule has 1 unspecified atom stereocenters. The van der Waals surface area contributed by atoms with Gasteiger partial charge in [0.25, 0.3) is 0 Å². The summed E-state index contributed by atoms with van der Waals surface area (Å²) in [6, 6.07) is 3.68. The number of nitrogens with two attached hydrogens (primary N) is 1. The van der Waals surface area contributed by atoms with Crippen molar-refractivity contribution in [1.82, 2.24) is 15.0 Å². The first kappa shape index (κ1) is 15.0. The standard InChI is InChI=1S/C13H21N7O/c1-4-20(5-2)13-17-11(16-12(18-13)19-14)15-9(3)10-7-6-8-21-10/h6-9H,4-5,14H2,1-3H3,(H2,15,16,17,18,19). The number of anilines is 3. The molecule has 0 amide bonds. The zero-order chi connectivity index (χ0) is 15.2.